The van der Waals surface area contributed by atoms with E-state index in [9.17, 15) is 9.90 Å². The van der Waals surface area contributed by atoms with Crippen molar-refractivity contribution in [2.24, 2.45) is 5.41 Å². The number of benzene rings is 1. The molecule has 1 heterocycles. The van der Waals surface area contributed by atoms with E-state index in [2.05, 4.69) is 15.6 Å². The molecule has 1 unspecified atom stereocenters. The molecule has 0 aliphatic carbocycles. The number of carbonyl (C=O) groups excluding carboxylic acids is 1. The number of rotatable bonds is 5. The van der Waals surface area contributed by atoms with Gasteiger partial charge in [0.2, 0.25) is 5.91 Å². The molecular formula is C16H22N4O2. The van der Waals surface area contributed by atoms with Crippen molar-refractivity contribution in [2.75, 3.05) is 6.54 Å². The van der Waals surface area contributed by atoms with E-state index < -0.39 is 6.10 Å². The van der Waals surface area contributed by atoms with Crippen molar-refractivity contribution < 1.29 is 9.90 Å². The van der Waals surface area contributed by atoms with Crippen molar-refractivity contribution in [1.82, 2.24) is 20.3 Å². The number of nitrogens with one attached hydrogen (secondary N) is 1. The third kappa shape index (κ3) is 4.39. The van der Waals surface area contributed by atoms with Gasteiger partial charge in [-0.05, 0) is 5.41 Å². The lowest BCUT2D eigenvalue weighted by molar-refractivity contribution is -0.122. The third-order valence-electron chi connectivity index (χ3n) is 3.41. The molecule has 1 aromatic carbocycles. The molecule has 0 bridgehead atoms. The number of aliphatic hydroxyl groups is 1. The number of aliphatic hydroxyl groups excluding tert-OH is 1. The van der Waals surface area contributed by atoms with Gasteiger partial charge in [0.15, 0.2) is 0 Å². The highest BCUT2D eigenvalue weighted by atomic mass is 16.3. The van der Waals surface area contributed by atoms with Crippen LogP contribution in [-0.2, 0) is 11.3 Å². The van der Waals surface area contributed by atoms with Gasteiger partial charge in [-0.3, -0.25) is 4.79 Å². The number of carbonyl (C=O) groups is 1. The van der Waals surface area contributed by atoms with Crippen LogP contribution in [0.25, 0.3) is 11.3 Å². The smallest absolute Gasteiger partial charge is 0.241 e. The first-order valence-corrected chi connectivity index (χ1v) is 7.26. The topological polar surface area (TPSA) is 80.0 Å². The van der Waals surface area contributed by atoms with Crippen LogP contribution < -0.4 is 5.32 Å². The highest BCUT2D eigenvalue weighted by Gasteiger charge is 2.22. The van der Waals surface area contributed by atoms with Crippen molar-refractivity contribution in [3.63, 3.8) is 0 Å². The van der Waals surface area contributed by atoms with Crippen LogP contribution in [0.15, 0.2) is 36.5 Å². The first-order valence-electron chi connectivity index (χ1n) is 7.26. The molecular weight excluding hydrogens is 280 g/mol. The van der Waals surface area contributed by atoms with Crippen molar-refractivity contribution in [3.05, 3.63) is 36.5 Å². The molecule has 0 saturated carbocycles. The van der Waals surface area contributed by atoms with Crippen LogP contribution in [0, 0.1) is 5.41 Å². The van der Waals surface area contributed by atoms with Crippen LogP contribution in [0.5, 0.6) is 0 Å². The Balaban J connectivity index is 1.89. The summed E-state index contributed by atoms with van der Waals surface area (Å²) in [6.07, 6.45) is 1.14. The maximum Gasteiger partial charge on any atom is 0.241 e. The van der Waals surface area contributed by atoms with Crippen LogP contribution in [0.1, 0.15) is 20.8 Å². The van der Waals surface area contributed by atoms with Gasteiger partial charge in [-0.25, -0.2) is 4.68 Å². The zero-order chi connectivity index (χ0) is 16.2. The van der Waals surface area contributed by atoms with E-state index in [0.717, 1.165) is 11.3 Å². The maximum absolute atomic E-state index is 11.9. The van der Waals surface area contributed by atoms with Crippen molar-refractivity contribution >= 4 is 5.91 Å². The summed E-state index contributed by atoms with van der Waals surface area (Å²) in [6.45, 7) is 6.08. The van der Waals surface area contributed by atoms with Gasteiger partial charge >= 0.3 is 0 Å². The molecule has 2 aromatic rings. The fourth-order valence-corrected chi connectivity index (χ4v) is 1.84. The zero-order valence-electron chi connectivity index (χ0n) is 13.2. The SMILES string of the molecule is CC(C)(C)C(O)CNC(=O)Cn1cc(-c2ccccc2)nn1. The van der Waals surface area contributed by atoms with Gasteiger partial charge in [-0.15, -0.1) is 5.10 Å². The fraction of sp³-hybridized carbons (Fsp3) is 0.438. The summed E-state index contributed by atoms with van der Waals surface area (Å²) < 4.78 is 1.49. The lowest BCUT2D eigenvalue weighted by atomic mass is 9.89. The number of nitrogens with zero attached hydrogens (tertiary/aromatic N) is 3. The van der Waals surface area contributed by atoms with E-state index in [4.69, 9.17) is 0 Å². The number of amides is 1. The average Bonchev–Trinajstić information content (AvgIpc) is 2.93. The summed E-state index contributed by atoms with van der Waals surface area (Å²) in [4.78, 5) is 11.9. The number of aromatic nitrogens is 3. The minimum Gasteiger partial charge on any atom is -0.391 e. The Bertz CT molecular complexity index is 617. The highest BCUT2D eigenvalue weighted by molar-refractivity contribution is 5.75. The molecule has 2 rings (SSSR count). The largest absolute Gasteiger partial charge is 0.391 e. The Morgan fingerprint density at radius 2 is 2.00 bits per heavy atom. The Morgan fingerprint density at radius 1 is 1.32 bits per heavy atom. The minimum atomic E-state index is -0.591. The zero-order valence-corrected chi connectivity index (χ0v) is 13.2. The van der Waals surface area contributed by atoms with Gasteiger partial charge in [0.1, 0.15) is 12.2 Å². The molecule has 2 N–H and O–H groups in total. The molecule has 0 aliphatic rings. The van der Waals surface area contributed by atoms with E-state index >= 15 is 0 Å². The second-order valence-electron chi connectivity index (χ2n) is 6.35. The summed E-state index contributed by atoms with van der Waals surface area (Å²) in [6, 6.07) is 9.66. The summed E-state index contributed by atoms with van der Waals surface area (Å²) in [5.41, 5.74) is 1.42. The van der Waals surface area contributed by atoms with Crippen LogP contribution >= 0.6 is 0 Å². The van der Waals surface area contributed by atoms with Crippen molar-refractivity contribution in [1.29, 1.82) is 0 Å². The second kappa shape index (κ2) is 6.70. The molecule has 118 valence electrons. The van der Waals surface area contributed by atoms with E-state index in [1.807, 2.05) is 51.1 Å². The highest BCUT2D eigenvalue weighted by Crippen LogP contribution is 2.18. The molecule has 22 heavy (non-hydrogen) atoms. The van der Waals surface area contributed by atoms with Gasteiger partial charge in [-0.1, -0.05) is 56.3 Å². The predicted octanol–water partition coefficient (Wildman–Crippen LogP) is 1.47. The van der Waals surface area contributed by atoms with E-state index in [-0.39, 0.29) is 24.4 Å². The molecule has 1 amide bonds. The van der Waals surface area contributed by atoms with Crippen LogP contribution in [0.2, 0.25) is 0 Å². The summed E-state index contributed by atoms with van der Waals surface area (Å²) in [5.74, 6) is -0.201. The molecule has 1 aromatic heterocycles. The van der Waals surface area contributed by atoms with Gasteiger partial charge in [0.05, 0.1) is 12.3 Å². The average molecular weight is 302 g/mol. The Kier molecular flexibility index (Phi) is 4.92. The Hall–Kier alpha value is -2.21. The standard InChI is InChI=1S/C16H22N4O2/c1-16(2,3)14(21)9-17-15(22)11-20-10-13(18-19-20)12-7-5-4-6-8-12/h4-8,10,14,21H,9,11H2,1-3H3,(H,17,22). The van der Waals surface area contributed by atoms with Gasteiger partial charge < -0.3 is 10.4 Å². The van der Waals surface area contributed by atoms with Gasteiger partial charge in [0, 0.05) is 12.1 Å². The minimum absolute atomic E-state index is 0.0801. The summed E-state index contributed by atoms with van der Waals surface area (Å²) >= 11 is 0. The number of hydrogen-bond donors (Lipinski definition) is 2. The van der Waals surface area contributed by atoms with Crippen LogP contribution in [0.3, 0.4) is 0 Å². The fourth-order valence-electron chi connectivity index (χ4n) is 1.84. The monoisotopic (exact) mass is 302 g/mol. The molecule has 0 spiro atoms. The van der Waals surface area contributed by atoms with E-state index in [1.165, 1.54) is 4.68 Å². The molecule has 0 radical (unpaired) electrons. The second-order valence-corrected chi connectivity index (χ2v) is 6.35. The van der Waals surface area contributed by atoms with Gasteiger partial charge in [0.25, 0.3) is 0 Å². The Morgan fingerprint density at radius 3 is 2.64 bits per heavy atom. The van der Waals surface area contributed by atoms with Crippen LogP contribution in [0.4, 0.5) is 0 Å². The summed E-state index contributed by atoms with van der Waals surface area (Å²) in [7, 11) is 0. The summed E-state index contributed by atoms with van der Waals surface area (Å²) in [5, 5.41) is 20.6. The molecule has 0 saturated heterocycles. The molecule has 1 atom stereocenters. The first-order chi connectivity index (χ1) is 10.4. The van der Waals surface area contributed by atoms with Crippen LogP contribution in [-0.4, -0.2) is 38.7 Å². The molecule has 6 heteroatoms. The van der Waals surface area contributed by atoms with E-state index in [1.54, 1.807) is 6.20 Å². The quantitative estimate of drug-likeness (QED) is 0.876. The third-order valence-corrected chi connectivity index (χ3v) is 3.41. The Labute approximate surface area is 130 Å². The lowest BCUT2D eigenvalue weighted by Gasteiger charge is -2.25. The maximum atomic E-state index is 11.9. The molecule has 6 nitrogen and oxygen atoms in total. The number of hydrogen-bond acceptors (Lipinski definition) is 4. The van der Waals surface area contributed by atoms with E-state index in [0.29, 0.717) is 0 Å². The molecule has 0 fully saturated rings. The van der Waals surface area contributed by atoms with Crippen molar-refractivity contribution in [3.8, 4) is 11.3 Å². The molecule has 0 aliphatic heterocycles. The first kappa shape index (κ1) is 16.2. The van der Waals surface area contributed by atoms with Crippen molar-refractivity contribution in [2.45, 2.75) is 33.4 Å². The predicted molar refractivity (Wildman–Crippen MR) is 83.9 cm³/mol. The normalized spacial score (nSPS) is 12.9. The lowest BCUT2D eigenvalue weighted by Crippen LogP contribution is -2.40. The van der Waals surface area contributed by atoms with Gasteiger partial charge in [-0.2, -0.15) is 0 Å².